The summed E-state index contributed by atoms with van der Waals surface area (Å²) in [6.07, 6.45) is 5.76. The van der Waals surface area contributed by atoms with Gasteiger partial charge in [-0.2, -0.15) is 0 Å². The van der Waals surface area contributed by atoms with Gasteiger partial charge in [-0.05, 0) is 32.9 Å². The molecule has 4 aromatic rings. The van der Waals surface area contributed by atoms with Crippen molar-refractivity contribution in [3.8, 4) is 11.5 Å². The number of rotatable bonds is 6. The Balaban J connectivity index is 1.45. The molecule has 0 saturated carbocycles. The second kappa shape index (κ2) is 19.9. The fourth-order valence-electron chi connectivity index (χ4n) is 9.67. The number of phenolic OH excluding ortho intramolecular Hbond substituents is 1. The Hall–Kier alpha value is -6.01. The van der Waals surface area contributed by atoms with E-state index in [9.17, 15) is 39.6 Å². The molecular formula is C51H64N4O13. The first-order valence-electron chi connectivity index (χ1n) is 23.3. The molecule has 1 amide bonds. The Kier molecular flexibility index (Phi) is 14.6. The van der Waals surface area contributed by atoms with Crippen LogP contribution >= 0.6 is 0 Å². The highest BCUT2D eigenvalue weighted by atomic mass is 16.7. The van der Waals surface area contributed by atoms with Crippen molar-refractivity contribution in [2.45, 2.75) is 105 Å². The first-order chi connectivity index (χ1) is 32.2. The number of phenols is 1. The molecule has 4 heterocycles. The molecule has 1 saturated heterocycles. The van der Waals surface area contributed by atoms with Crippen LogP contribution in [0.4, 0.5) is 11.4 Å². The summed E-state index contributed by atoms with van der Waals surface area (Å²) in [5, 5.41) is 49.3. The van der Waals surface area contributed by atoms with Crippen molar-refractivity contribution in [1.82, 2.24) is 9.88 Å². The van der Waals surface area contributed by atoms with Crippen molar-refractivity contribution in [1.29, 1.82) is 0 Å². The zero-order valence-corrected chi connectivity index (χ0v) is 40.4. The van der Waals surface area contributed by atoms with E-state index in [1.54, 1.807) is 45.9 Å². The van der Waals surface area contributed by atoms with Gasteiger partial charge in [0.15, 0.2) is 22.4 Å². The number of amides is 1. The van der Waals surface area contributed by atoms with Gasteiger partial charge in [-0.25, -0.2) is 4.98 Å². The maximum atomic E-state index is 14.9. The summed E-state index contributed by atoms with van der Waals surface area (Å²) in [4.78, 5) is 64.7. The van der Waals surface area contributed by atoms with Crippen molar-refractivity contribution >= 4 is 62.0 Å². The van der Waals surface area contributed by atoms with Crippen molar-refractivity contribution < 1.29 is 53.4 Å². The van der Waals surface area contributed by atoms with Crippen LogP contribution in [-0.4, -0.2) is 112 Å². The van der Waals surface area contributed by atoms with E-state index in [1.165, 1.54) is 59.3 Å². The first kappa shape index (κ1) is 49.9. The molecule has 0 radical (unpaired) electrons. The molecule has 0 unspecified atom stereocenters. The number of benzene rings is 3. The van der Waals surface area contributed by atoms with Crippen molar-refractivity contribution in [2.24, 2.45) is 23.7 Å². The number of nitrogens with zero attached hydrogens (tertiary/aromatic N) is 3. The highest BCUT2D eigenvalue weighted by Crippen LogP contribution is 2.42. The topological polar surface area (TPSA) is 231 Å². The van der Waals surface area contributed by atoms with E-state index in [4.69, 9.17) is 28.3 Å². The Morgan fingerprint density at radius 1 is 0.956 bits per heavy atom. The van der Waals surface area contributed by atoms with E-state index < -0.39 is 88.1 Å². The van der Waals surface area contributed by atoms with E-state index in [1.807, 2.05) is 0 Å². The van der Waals surface area contributed by atoms with Crippen LogP contribution in [0.2, 0.25) is 0 Å². The first-order valence-corrected chi connectivity index (χ1v) is 23.3. The molecule has 0 spiro atoms. The van der Waals surface area contributed by atoms with Crippen LogP contribution in [0.25, 0.3) is 38.7 Å². The zero-order chi connectivity index (χ0) is 49.5. The second-order valence-corrected chi connectivity index (χ2v) is 18.7. The average Bonchev–Trinajstić information content (AvgIpc) is 3.58. The van der Waals surface area contributed by atoms with Gasteiger partial charge in [0.1, 0.15) is 28.8 Å². The number of piperazine rings is 1. The van der Waals surface area contributed by atoms with Crippen LogP contribution in [0.3, 0.4) is 0 Å². The number of aromatic hydroxyl groups is 1. The number of aromatic nitrogens is 1. The van der Waals surface area contributed by atoms with Crippen molar-refractivity contribution in [2.75, 3.05) is 50.1 Å². The van der Waals surface area contributed by atoms with Crippen LogP contribution in [0.15, 0.2) is 62.3 Å². The molecule has 366 valence electrons. The minimum Gasteiger partial charge on any atom is -0.507 e. The van der Waals surface area contributed by atoms with Gasteiger partial charge in [0.05, 0.1) is 35.2 Å². The zero-order valence-electron chi connectivity index (χ0n) is 40.4. The lowest BCUT2D eigenvalue weighted by molar-refractivity contribution is -0.160. The van der Waals surface area contributed by atoms with Gasteiger partial charge in [0.25, 0.3) is 5.91 Å². The molecule has 9 atom stereocenters. The predicted octanol–water partition coefficient (Wildman–Crippen LogP) is 5.48. The van der Waals surface area contributed by atoms with E-state index in [2.05, 4.69) is 22.0 Å². The lowest BCUT2D eigenvalue weighted by Crippen LogP contribution is -2.46. The molecule has 5 N–H and O–H groups in total. The molecule has 3 aliphatic heterocycles. The number of aliphatic hydroxyl groups excluding tert-OH is 3. The third kappa shape index (κ3) is 9.28. The van der Waals surface area contributed by atoms with Crippen LogP contribution in [-0.2, 0) is 23.8 Å². The number of esters is 1. The van der Waals surface area contributed by atoms with Gasteiger partial charge in [-0.3, -0.25) is 24.1 Å². The fourth-order valence-corrected chi connectivity index (χ4v) is 9.67. The second-order valence-electron chi connectivity index (χ2n) is 18.7. The van der Waals surface area contributed by atoms with Gasteiger partial charge in [-0.15, -0.1) is 0 Å². The predicted molar refractivity (Wildman–Crippen MR) is 259 cm³/mol. The minimum atomic E-state index is -1.98. The molecule has 68 heavy (non-hydrogen) atoms. The smallest absolute Gasteiger partial charge is 0.307 e. The third-order valence-corrected chi connectivity index (χ3v) is 14.0. The molecule has 3 aromatic carbocycles. The Morgan fingerprint density at radius 3 is 2.32 bits per heavy atom. The lowest BCUT2D eigenvalue weighted by atomic mass is 9.78. The molecule has 7 rings (SSSR count). The number of hydrogen-bond acceptors (Lipinski definition) is 16. The van der Waals surface area contributed by atoms with Gasteiger partial charge in [0, 0.05) is 105 Å². The molecular weight excluding hydrogens is 877 g/mol. The number of methoxy groups -OCH3 is 1. The van der Waals surface area contributed by atoms with E-state index in [-0.39, 0.29) is 60.8 Å². The number of ether oxygens (including phenoxy) is 4. The lowest BCUT2D eigenvalue weighted by Gasteiger charge is -2.38. The number of nitrogens with one attached hydrogen (secondary N) is 1. The Labute approximate surface area is 394 Å². The maximum Gasteiger partial charge on any atom is 0.307 e. The molecule has 17 heteroatoms. The SMILES string of the molecule is CCCCN1CCN(c2cc(=O)c3nc4c(oc3c2)c2c(=O)c3c(O)c(C)c5c(c34)=C(O)[C@@](C)(O/C=C\[C@H](OC)[C@@H](C)[C@@H](OC(C)=O)[C@H](C)[C@H](O)[C@H](C)[C@@H](O)[C@@H](C)/C=C/C=C(\C)C(=O)N2)O5)CC1. The van der Waals surface area contributed by atoms with Gasteiger partial charge < -0.3 is 54.0 Å². The van der Waals surface area contributed by atoms with Gasteiger partial charge in [-0.1, -0.05) is 59.3 Å². The summed E-state index contributed by atoms with van der Waals surface area (Å²) < 4.78 is 30.5. The van der Waals surface area contributed by atoms with Crippen LogP contribution in [0.5, 0.6) is 11.5 Å². The van der Waals surface area contributed by atoms with Crippen LogP contribution < -0.4 is 31.0 Å². The largest absolute Gasteiger partial charge is 0.507 e. The van der Waals surface area contributed by atoms with E-state index in [0.29, 0.717) is 18.8 Å². The molecule has 5 bridgehead atoms. The molecule has 3 aliphatic rings. The normalized spacial score (nSPS) is 29.4. The van der Waals surface area contributed by atoms with Crippen LogP contribution in [0.1, 0.15) is 73.8 Å². The number of fused-ring (bicyclic) bond motifs is 5. The molecule has 17 nitrogen and oxygen atoms in total. The van der Waals surface area contributed by atoms with Crippen LogP contribution in [0, 0.1) is 30.6 Å². The number of hydrogen-bond donors (Lipinski definition) is 5. The Morgan fingerprint density at radius 2 is 1.66 bits per heavy atom. The van der Waals surface area contributed by atoms with Crippen molar-refractivity contribution in [3.05, 3.63) is 79.5 Å². The standard InChI is InChI=1S/C51H64N4O13/c1-11-12-17-54-18-20-55(21-19-54)32-23-33(57)39-35(24-32)67-48-40(52-39)36-37-44(60)30(7)47-38(36)49(62)51(9,68-47)65-22-16-34(64-10)27(4)46(66-31(8)56)29(6)43(59)28(5)42(58)25(2)14-13-15-26(3)50(63)53-41(48)45(37)61/h13-16,22-25,27-29,34,42-43,46,58-60,62H,11-12,17-21H2,1-10H3,(H,53,63)/b14-13+,22-16-,26-15+/t25-,27+,28+,29+,34-,42-,43+,46+,51-/m0/s1. The highest BCUT2D eigenvalue weighted by Gasteiger charge is 2.44. The van der Waals surface area contributed by atoms with Crippen molar-refractivity contribution in [3.63, 3.8) is 0 Å². The van der Waals surface area contributed by atoms with Gasteiger partial charge in [0.2, 0.25) is 10.9 Å². The highest BCUT2D eigenvalue weighted by molar-refractivity contribution is 6.16. The number of unbranched alkanes of at least 4 members (excludes halogenated alkanes) is 1. The maximum absolute atomic E-state index is 14.9. The molecule has 0 aliphatic carbocycles. The minimum absolute atomic E-state index is 0.0425. The number of allylic oxidation sites excluding steroid dienone is 2. The third-order valence-electron chi connectivity index (χ3n) is 14.0. The average molecular weight is 941 g/mol. The summed E-state index contributed by atoms with van der Waals surface area (Å²) in [5.41, 5.74) is -1.32. The number of carbonyl (C=O) groups is 2. The summed E-state index contributed by atoms with van der Waals surface area (Å²) in [5.74, 6) is -6.91. The number of carbonyl (C=O) groups excluding carboxylic acids is 2. The van der Waals surface area contributed by atoms with E-state index >= 15 is 0 Å². The molecule has 1 aromatic heterocycles. The summed E-state index contributed by atoms with van der Waals surface area (Å²) in [7, 11) is 1.45. The number of anilines is 2. The van der Waals surface area contributed by atoms with E-state index in [0.717, 1.165) is 32.5 Å². The quantitative estimate of drug-likeness (QED) is 0.0915. The Bertz CT molecular complexity index is 2880. The number of aliphatic hydroxyl groups is 3. The fraction of sp³-hybridized carbons (Fsp3) is 0.510. The molecule has 1 fully saturated rings. The summed E-state index contributed by atoms with van der Waals surface area (Å²) in [6.45, 7) is 18.7. The monoisotopic (exact) mass is 940 g/mol. The summed E-state index contributed by atoms with van der Waals surface area (Å²) in [6, 6.07) is 3.16. The summed E-state index contributed by atoms with van der Waals surface area (Å²) >= 11 is 0. The van der Waals surface area contributed by atoms with Gasteiger partial charge >= 0.3 is 11.8 Å².